The number of hydrogen-bond acceptors (Lipinski definition) is 3. The molecule has 21 heavy (non-hydrogen) atoms. The molecule has 1 rings (SSSR count). The fourth-order valence-electron chi connectivity index (χ4n) is 1.75. The maximum atomic E-state index is 11.8. The average molecular weight is 332 g/mol. The molecule has 0 spiro atoms. The molecule has 0 aliphatic heterocycles. The quantitative estimate of drug-likeness (QED) is 0.629. The summed E-state index contributed by atoms with van der Waals surface area (Å²) < 4.78 is 5.33. The highest BCUT2D eigenvalue weighted by molar-refractivity contribution is 6.35. The van der Waals surface area contributed by atoms with Gasteiger partial charge in [0.2, 0.25) is 0 Å². The molecule has 0 aliphatic rings. The molecule has 1 aromatic rings. The number of hydrogen-bond donors (Lipinski definition) is 1. The summed E-state index contributed by atoms with van der Waals surface area (Å²) in [5.74, 6) is -0.357. The van der Waals surface area contributed by atoms with E-state index in [4.69, 9.17) is 27.9 Å². The van der Waals surface area contributed by atoms with Crippen molar-refractivity contribution in [3.63, 3.8) is 0 Å². The van der Waals surface area contributed by atoms with Crippen LogP contribution in [-0.4, -0.2) is 24.7 Å². The molecule has 1 atom stereocenters. The highest BCUT2D eigenvalue weighted by atomic mass is 35.5. The minimum Gasteiger partial charge on any atom is -0.460 e. The van der Waals surface area contributed by atoms with Crippen LogP contribution < -0.4 is 5.32 Å². The van der Waals surface area contributed by atoms with Crippen LogP contribution in [0.25, 0.3) is 0 Å². The van der Waals surface area contributed by atoms with Crippen molar-refractivity contribution in [1.82, 2.24) is 5.32 Å². The van der Waals surface area contributed by atoms with Gasteiger partial charge in [-0.2, -0.15) is 0 Å². The largest absolute Gasteiger partial charge is 0.460 e. The van der Waals surface area contributed by atoms with Gasteiger partial charge in [-0.05, 0) is 51.4 Å². The average Bonchev–Trinajstić information content (AvgIpc) is 2.34. The zero-order chi connectivity index (χ0) is 16.0. The first kappa shape index (κ1) is 18.3. The summed E-state index contributed by atoms with van der Waals surface area (Å²) in [5.41, 5.74) is 0.598. The molecule has 1 N–H and O–H groups in total. The molecule has 3 nitrogen and oxygen atoms in total. The summed E-state index contributed by atoms with van der Waals surface area (Å²) >= 11 is 12.0. The van der Waals surface area contributed by atoms with Crippen molar-refractivity contribution in [3.05, 3.63) is 33.8 Å². The van der Waals surface area contributed by atoms with Crippen LogP contribution in [-0.2, 0) is 16.0 Å². The lowest BCUT2D eigenvalue weighted by Crippen LogP contribution is -2.33. The molecule has 5 heteroatoms. The van der Waals surface area contributed by atoms with Gasteiger partial charge in [0.25, 0.3) is 0 Å². The van der Waals surface area contributed by atoms with Gasteiger partial charge in [0, 0.05) is 16.6 Å². The third-order valence-electron chi connectivity index (χ3n) is 2.85. The summed E-state index contributed by atoms with van der Waals surface area (Å²) in [6.45, 7) is 8.79. The van der Waals surface area contributed by atoms with E-state index in [0.717, 1.165) is 18.5 Å². The van der Waals surface area contributed by atoms with E-state index in [1.54, 1.807) is 6.07 Å². The number of nitrogens with one attached hydrogen (secondary N) is 1. The van der Waals surface area contributed by atoms with Crippen molar-refractivity contribution >= 4 is 29.2 Å². The second-order valence-corrected chi connectivity index (χ2v) is 6.97. The minimum atomic E-state index is -0.442. The molecule has 0 aromatic heterocycles. The number of carbonyl (C=O) groups is 1. The Balaban J connectivity index is 2.32. The molecule has 118 valence electrons. The van der Waals surface area contributed by atoms with E-state index in [2.05, 4.69) is 5.32 Å². The molecular weight excluding hydrogens is 309 g/mol. The number of benzene rings is 1. The number of esters is 1. The zero-order valence-corrected chi connectivity index (χ0v) is 14.5. The lowest BCUT2D eigenvalue weighted by molar-refractivity contribution is -0.159. The molecule has 0 saturated heterocycles. The van der Waals surface area contributed by atoms with Crippen molar-refractivity contribution in [3.8, 4) is 0 Å². The van der Waals surface area contributed by atoms with Crippen LogP contribution in [0.15, 0.2) is 18.2 Å². The van der Waals surface area contributed by atoms with E-state index in [1.807, 2.05) is 39.8 Å². The Labute approximate surface area is 137 Å². The Kier molecular flexibility index (Phi) is 6.98. The molecule has 0 radical (unpaired) electrons. The van der Waals surface area contributed by atoms with Crippen molar-refractivity contribution < 1.29 is 9.53 Å². The number of rotatable bonds is 6. The van der Waals surface area contributed by atoms with Gasteiger partial charge in [-0.25, -0.2) is 0 Å². The van der Waals surface area contributed by atoms with Gasteiger partial charge in [-0.1, -0.05) is 36.2 Å². The van der Waals surface area contributed by atoms with Crippen LogP contribution in [0.4, 0.5) is 0 Å². The summed E-state index contributed by atoms with van der Waals surface area (Å²) in [4.78, 5) is 11.8. The first-order valence-corrected chi connectivity index (χ1v) is 7.82. The summed E-state index contributed by atoms with van der Waals surface area (Å²) in [7, 11) is 0. The second kappa shape index (κ2) is 8.02. The van der Waals surface area contributed by atoms with Crippen molar-refractivity contribution in [2.45, 2.75) is 39.7 Å². The Bertz CT molecular complexity index is 484. The van der Waals surface area contributed by atoms with Gasteiger partial charge in [-0.15, -0.1) is 0 Å². The zero-order valence-electron chi connectivity index (χ0n) is 13.0. The van der Waals surface area contributed by atoms with E-state index in [1.165, 1.54) is 0 Å². The maximum absolute atomic E-state index is 11.8. The third kappa shape index (κ3) is 7.16. The maximum Gasteiger partial charge on any atom is 0.310 e. The lowest BCUT2D eigenvalue weighted by atomic mass is 10.1. The Morgan fingerprint density at radius 3 is 2.57 bits per heavy atom. The molecular formula is C16H23Cl2NO2. The molecule has 0 amide bonds. The molecule has 1 unspecified atom stereocenters. The number of ether oxygens (including phenoxy) is 1. The van der Waals surface area contributed by atoms with E-state index >= 15 is 0 Å². The van der Waals surface area contributed by atoms with Crippen LogP contribution >= 0.6 is 23.2 Å². The van der Waals surface area contributed by atoms with Gasteiger partial charge in [0.05, 0.1) is 5.92 Å². The number of halogens is 2. The summed E-state index contributed by atoms with van der Waals surface area (Å²) in [5, 5.41) is 4.56. The minimum absolute atomic E-state index is 0.176. The monoisotopic (exact) mass is 331 g/mol. The van der Waals surface area contributed by atoms with E-state index in [0.29, 0.717) is 16.6 Å². The third-order valence-corrected chi connectivity index (χ3v) is 3.43. The second-order valence-electron chi connectivity index (χ2n) is 6.12. The van der Waals surface area contributed by atoms with Crippen LogP contribution in [0.5, 0.6) is 0 Å². The Morgan fingerprint density at radius 1 is 1.33 bits per heavy atom. The van der Waals surface area contributed by atoms with Gasteiger partial charge < -0.3 is 10.1 Å². The Morgan fingerprint density at radius 2 is 2.00 bits per heavy atom. The fraction of sp³-hybridized carbons (Fsp3) is 0.562. The highest BCUT2D eigenvalue weighted by Gasteiger charge is 2.21. The van der Waals surface area contributed by atoms with Gasteiger partial charge in [-0.3, -0.25) is 4.79 Å². The smallest absolute Gasteiger partial charge is 0.310 e. The van der Waals surface area contributed by atoms with Crippen molar-refractivity contribution in [1.29, 1.82) is 0 Å². The van der Waals surface area contributed by atoms with E-state index in [-0.39, 0.29) is 11.9 Å². The lowest BCUT2D eigenvalue weighted by Gasteiger charge is -2.22. The summed E-state index contributed by atoms with van der Waals surface area (Å²) in [6, 6.07) is 5.48. The van der Waals surface area contributed by atoms with Gasteiger partial charge >= 0.3 is 5.97 Å². The predicted octanol–water partition coefficient (Wildman–Crippen LogP) is 4.10. The standard InChI is InChI=1S/C16H23Cl2NO2/c1-11(15(20)21-16(2,3)4)10-19-8-7-12-5-6-13(17)9-14(12)18/h5-6,9,11,19H,7-8,10H2,1-4H3. The predicted molar refractivity (Wildman–Crippen MR) is 88.0 cm³/mol. The normalized spacial score (nSPS) is 13.0. The van der Waals surface area contributed by atoms with Crippen molar-refractivity contribution in [2.75, 3.05) is 13.1 Å². The molecule has 0 heterocycles. The van der Waals surface area contributed by atoms with Crippen LogP contribution in [0.3, 0.4) is 0 Å². The first-order valence-electron chi connectivity index (χ1n) is 7.06. The topological polar surface area (TPSA) is 38.3 Å². The van der Waals surface area contributed by atoms with Crippen molar-refractivity contribution in [2.24, 2.45) is 5.92 Å². The van der Waals surface area contributed by atoms with Crippen LogP contribution in [0, 0.1) is 5.92 Å². The van der Waals surface area contributed by atoms with E-state index < -0.39 is 5.60 Å². The SMILES string of the molecule is CC(CNCCc1ccc(Cl)cc1Cl)C(=O)OC(C)(C)C. The molecule has 1 aromatic carbocycles. The van der Waals surface area contributed by atoms with Gasteiger partial charge in [0.15, 0.2) is 0 Å². The molecule has 0 aliphatic carbocycles. The first-order chi connectivity index (χ1) is 9.69. The summed E-state index contributed by atoms with van der Waals surface area (Å²) in [6.07, 6.45) is 0.789. The molecule has 0 bridgehead atoms. The molecule has 0 fully saturated rings. The molecule has 0 saturated carbocycles. The Hall–Kier alpha value is -0.770. The van der Waals surface area contributed by atoms with Gasteiger partial charge in [0.1, 0.15) is 5.60 Å². The van der Waals surface area contributed by atoms with Crippen LogP contribution in [0.2, 0.25) is 10.0 Å². The number of carbonyl (C=O) groups excluding carboxylic acids is 1. The van der Waals surface area contributed by atoms with Crippen LogP contribution in [0.1, 0.15) is 33.3 Å². The van der Waals surface area contributed by atoms with E-state index in [9.17, 15) is 4.79 Å². The highest BCUT2D eigenvalue weighted by Crippen LogP contribution is 2.21. The fourth-order valence-corrected chi connectivity index (χ4v) is 2.25.